The van der Waals surface area contributed by atoms with Gasteiger partial charge in [-0.3, -0.25) is 9.52 Å². The molecule has 0 fully saturated rings. The van der Waals surface area contributed by atoms with Crippen molar-refractivity contribution in [1.82, 2.24) is 0 Å². The van der Waals surface area contributed by atoms with Crippen LogP contribution < -0.4 is 10.0 Å². The number of anilines is 2. The Balaban J connectivity index is 1.99. The number of nitrogens with one attached hydrogen (secondary N) is 2. The molecular formula is C21H19FN2O3S. The predicted molar refractivity (Wildman–Crippen MR) is 108 cm³/mol. The highest BCUT2D eigenvalue weighted by Crippen LogP contribution is 2.29. The number of carbonyl (C=O) groups is 1. The van der Waals surface area contributed by atoms with E-state index in [4.69, 9.17) is 0 Å². The van der Waals surface area contributed by atoms with Crippen LogP contribution in [0.15, 0.2) is 78.9 Å². The van der Waals surface area contributed by atoms with Crippen molar-refractivity contribution in [1.29, 1.82) is 0 Å². The van der Waals surface area contributed by atoms with Crippen molar-refractivity contribution < 1.29 is 17.6 Å². The second kappa shape index (κ2) is 8.22. The third kappa shape index (κ3) is 4.95. The maximum atomic E-state index is 13.7. The molecule has 0 aliphatic heterocycles. The summed E-state index contributed by atoms with van der Waals surface area (Å²) in [6, 6.07) is 21.8. The number of sulfonamides is 1. The van der Waals surface area contributed by atoms with Gasteiger partial charge in [-0.25, -0.2) is 12.8 Å². The van der Waals surface area contributed by atoms with Crippen LogP contribution in [0.2, 0.25) is 0 Å². The van der Waals surface area contributed by atoms with Crippen molar-refractivity contribution in [3.63, 3.8) is 0 Å². The molecule has 0 radical (unpaired) electrons. The van der Waals surface area contributed by atoms with Gasteiger partial charge in [-0.05, 0) is 29.3 Å². The Morgan fingerprint density at radius 2 is 1.39 bits per heavy atom. The minimum absolute atomic E-state index is 0.0484. The largest absolute Gasteiger partial charge is 0.323 e. The third-order valence-corrected chi connectivity index (χ3v) is 4.65. The normalized spacial score (nSPS) is 11.2. The van der Waals surface area contributed by atoms with Gasteiger partial charge in [-0.15, -0.1) is 0 Å². The summed E-state index contributed by atoms with van der Waals surface area (Å²) in [7, 11) is -3.60. The van der Waals surface area contributed by atoms with Crippen molar-refractivity contribution in [3.05, 3.63) is 95.8 Å². The Labute approximate surface area is 163 Å². The van der Waals surface area contributed by atoms with Crippen LogP contribution >= 0.6 is 0 Å². The minimum atomic E-state index is -3.60. The van der Waals surface area contributed by atoms with E-state index in [0.29, 0.717) is 0 Å². The average molecular weight is 398 g/mol. The molecule has 28 heavy (non-hydrogen) atoms. The fourth-order valence-corrected chi connectivity index (χ4v) is 3.48. The van der Waals surface area contributed by atoms with E-state index in [9.17, 15) is 17.6 Å². The lowest BCUT2D eigenvalue weighted by Crippen LogP contribution is -2.23. The highest BCUT2D eigenvalue weighted by Gasteiger charge is 2.24. The quantitative estimate of drug-likeness (QED) is 0.660. The van der Waals surface area contributed by atoms with Crippen LogP contribution in [0.5, 0.6) is 0 Å². The summed E-state index contributed by atoms with van der Waals surface area (Å²) < 4.78 is 39.2. The van der Waals surface area contributed by atoms with E-state index in [-0.39, 0.29) is 11.4 Å². The summed E-state index contributed by atoms with van der Waals surface area (Å²) in [5.41, 5.74) is 1.67. The van der Waals surface area contributed by atoms with Crippen LogP contribution in [0.1, 0.15) is 17.0 Å². The summed E-state index contributed by atoms with van der Waals surface area (Å²) in [4.78, 5) is 13.1. The van der Waals surface area contributed by atoms with Crippen molar-refractivity contribution in [2.75, 3.05) is 16.3 Å². The predicted octanol–water partition coefficient (Wildman–Crippen LogP) is 3.97. The smallest absolute Gasteiger partial charge is 0.236 e. The lowest BCUT2D eigenvalue weighted by molar-refractivity contribution is -0.116. The zero-order valence-electron chi connectivity index (χ0n) is 15.1. The summed E-state index contributed by atoms with van der Waals surface area (Å²) in [5, 5.41) is 2.67. The molecule has 3 aromatic rings. The number of amides is 1. The topological polar surface area (TPSA) is 75.3 Å². The Morgan fingerprint density at radius 3 is 1.89 bits per heavy atom. The first-order valence-corrected chi connectivity index (χ1v) is 10.4. The summed E-state index contributed by atoms with van der Waals surface area (Å²) in [5.74, 6) is -1.64. The van der Waals surface area contributed by atoms with Crippen LogP contribution in [0.25, 0.3) is 0 Å². The molecule has 3 aromatic carbocycles. The summed E-state index contributed by atoms with van der Waals surface area (Å²) in [6.07, 6.45) is 0.985. The standard InChI is InChI=1S/C21H19FN2O3S/c1-28(26,27)24-18-13-12-17(22)14-19(18)23-21(25)20(15-8-4-2-5-9-15)16-10-6-3-7-11-16/h2-14,20,24H,1H3,(H,23,25). The molecule has 0 atom stereocenters. The highest BCUT2D eigenvalue weighted by atomic mass is 32.2. The van der Waals surface area contributed by atoms with Crippen molar-refractivity contribution in [3.8, 4) is 0 Å². The first kappa shape index (κ1) is 19.6. The Hall–Kier alpha value is -3.19. The molecule has 0 saturated carbocycles. The summed E-state index contributed by atoms with van der Waals surface area (Å²) in [6.45, 7) is 0. The second-order valence-corrected chi connectivity index (χ2v) is 8.06. The van der Waals surface area contributed by atoms with E-state index < -0.39 is 27.7 Å². The zero-order chi connectivity index (χ0) is 20.1. The van der Waals surface area contributed by atoms with Gasteiger partial charge in [-0.1, -0.05) is 60.7 Å². The molecule has 1 amide bonds. The molecule has 0 saturated heterocycles. The molecule has 0 aliphatic rings. The van der Waals surface area contributed by atoms with Gasteiger partial charge < -0.3 is 5.32 Å². The molecule has 0 aromatic heterocycles. The maximum Gasteiger partial charge on any atom is 0.236 e. The van der Waals surface area contributed by atoms with Crippen molar-refractivity contribution in [2.45, 2.75) is 5.92 Å². The van der Waals surface area contributed by atoms with Crippen molar-refractivity contribution >= 4 is 27.3 Å². The van der Waals surface area contributed by atoms with Gasteiger partial charge in [0.2, 0.25) is 15.9 Å². The molecular weight excluding hydrogens is 379 g/mol. The molecule has 2 N–H and O–H groups in total. The molecule has 0 bridgehead atoms. The van der Waals surface area contributed by atoms with Gasteiger partial charge in [0, 0.05) is 0 Å². The number of benzene rings is 3. The number of carbonyl (C=O) groups excluding carboxylic acids is 1. The van der Waals surface area contributed by atoms with Crippen LogP contribution in [0, 0.1) is 5.82 Å². The molecule has 0 heterocycles. The second-order valence-electron chi connectivity index (χ2n) is 6.31. The van der Waals surface area contributed by atoms with Crippen LogP contribution in [0.3, 0.4) is 0 Å². The Kier molecular flexibility index (Phi) is 5.75. The van der Waals surface area contributed by atoms with Crippen molar-refractivity contribution in [2.24, 2.45) is 0 Å². The molecule has 0 spiro atoms. The molecule has 3 rings (SSSR count). The number of halogens is 1. The molecule has 5 nitrogen and oxygen atoms in total. The first-order chi connectivity index (χ1) is 13.3. The maximum absolute atomic E-state index is 13.7. The Bertz CT molecular complexity index is 1030. The van der Waals surface area contributed by atoms with E-state index in [1.807, 2.05) is 60.7 Å². The van der Waals surface area contributed by atoms with Crippen LogP contribution in [-0.4, -0.2) is 20.6 Å². The lowest BCUT2D eigenvalue weighted by atomic mass is 9.90. The number of hydrogen-bond acceptors (Lipinski definition) is 3. The first-order valence-electron chi connectivity index (χ1n) is 8.51. The fourth-order valence-electron chi connectivity index (χ4n) is 2.90. The molecule has 0 aliphatic carbocycles. The number of rotatable bonds is 6. The van der Waals surface area contributed by atoms with E-state index in [0.717, 1.165) is 29.5 Å². The monoisotopic (exact) mass is 398 g/mol. The molecule has 0 unspecified atom stereocenters. The third-order valence-electron chi connectivity index (χ3n) is 4.06. The highest BCUT2D eigenvalue weighted by molar-refractivity contribution is 7.92. The molecule has 7 heteroatoms. The van der Waals surface area contributed by atoms with E-state index in [1.54, 1.807) is 0 Å². The average Bonchev–Trinajstić information content (AvgIpc) is 2.65. The van der Waals surface area contributed by atoms with Gasteiger partial charge in [0.25, 0.3) is 0 Å². The number of hydrogen-bond donors (Lipinski definition) is 2. The van der Waals surface area contributed by atoms with Gasteiger partial charge >= 0.3 is 0 Å². The zero-order valence-corrected chi connectivity index (χ0v) is 15.9. The van der Waals surface area contributed by atoms with E-state index in [1.165, 1.54) is 6.07 Å². The van der Waals surface area contributed by atoms with Gasteiger partial charge in [0.15, 0.2) is 0 Å². The van der Waals surface area contributed by atoms with E-state index in [2.05, 4.69) is 10.0 Å². The SMILES string of the molecule is CS(=O)(=O)Nc1ccc(F)cc1NC(=O)C(c1ccccc1)c1ccccc1. The minimum Gasteiger partial charge on any atom is -0.323 e. The van der Waals surface area contributed by atoms with Crippen LogP contribution in [-0.2, 0) is 14.8 Å². The summed E-state index contributed by atoms with van der Waals surface area (Å²) >= 11 is 0. The van der Waals surface area contributed by atoms with E-state index >= 15 is 0 Å². The van der Waals surface area contributed by atoms with Gasteiger partial charge in [0.05, 0.1) is 23.5 Å². The lowest BCUT2D eigenvalue weighted by Gasteiger charge is -2.19. The Morgan fingerprint density at radius 1 is 0.857 bits per heavy atom. The van der Waals surface area contributed by atoms with Gasteiger partial charge in [-0.2, -0.15) is 0 Å². The van der Waals surface area contributed by atoms with Gasteiger partial charge in [0.1, 0.15) is 5.82 Å². The fraction of sp³-hybridized carbons (Fsp3) is 0.0952. The molecule has 144 valence electrons. The van der Waals surface area contributed by atoms with Crippen LogP contribution in [0.4, 0.5) is 15.8 Å².